The number of para-hydroxylation sites is 2. The highest BCUT2D eigenvalue weighted by Gasteiger charge is 2.19. The van der Waals surface area contributed by atoms with E-state index in [-0.39, 0.29) is 0 Å². The molecule has 0 bridgehead atoms. The maximum atomic E-state index is 12.3. The minimum atomic E-state index is -1.16. The van der Waals surface area contributed by atoms with Crippen molar-refractivity contribution >= 4 is 35.0 Å². The average molecular weight is 458 g/mol. The Kier molecular flexibility index (Phi) is 6.54. The number of amides is 3. The van der Waals surface area contributed by atoms with E-state index in [1.807, 2.05) is 60.7 Å². The number of carbonyl (C=O) groups is 3. The van der Waals surface area contributed by atoms with Crippen molar-refractivity contribution in [2.45, 2.75) is 13.0 Å². The van der Waals surface area contributed by atoms with Gasteiger partial charge in [0, 0.05) is 30.3 Å². The van der Waals surface area contributed by atoms with Gasteiger partial charge < -0.3 is 14.5 Å². The van der Waals surface area contributed by atoms with Gasteiger partial charge in [-0.1, -0.05) is 36.4 Å². The topological polar surface area (TPSA) is 115 Å². The van der Waals surface area contributed by atoms with Crippen LogP contribution < -0.4 is 10.6 Å². The highest BCUT2D eigenvalue weighted by Crippen LogP contribution is 2.30. The first-order valence-electron chi connectivity index (χ1n) is 10.5. The number of furan rings is 1. The Morgan fingerprint density at radius 1 is 1.09 bits per heavy atom. The predicted molar refractivity (Wildman–Crippen MR) is 126 cm³/mol. The molecular formula is C25H22N4O5. The van der Waals surface area contributed by atoms with Crippen molar-refractivity contribution in [3.05, 3.63) is 78.5 Å². The molecule has 3 amide bonds. The number of rotatable bonds is 6. The molecule has 0 spiro atoms. The first kappa shape index (κ1) is 22.5. The molecule has 0 saturated carbocycles. The molecule has 4 aromatic rings. The van der Waals surface area contributed by atoms with Crippen LogP contribution in [-0.2, 0) is 14.3 Å². The maximum absolute atomic E-state index is 12.3. The second-order valence-electron chi connectivity index (χ2n) is 7.34. The van der Waals surface area contributed by atoms with Crippen LogP contribution >= 0.6 is 0 Å². The van der Waals surface area contributed by atoms with E-state index >= 15 is 0 Å². The number of nitrogens with one attached hydrogen (secondary N) is 2. The zero-order valence-electron chi connectivity index (χ0n) is 18.5. The average Bonchev–Trinajstić information content (AvgIpc) is 3.47. The highest BCUT2D eigenvalue weighted by atomic mass is 16.5. The van der Waals surface area contributed by atoms with Gasteiger partial charge in [0.05, 0.1) is 5.69 Å². The van der Waals surface area contributed by atoms with Gasteiger partial charge in [-0.05, 0) is 37.3 Å². The summed E-state index contributed by atoms with van der Waals surface area (Å²) in [6, 6.07) is 18.3. The third kappa shape index (κ3) is 5.04. The fraction of sp³-hybridized carbons (Fsp3) is 0.120. The molecule has 2 N–H and O–H groups in total. The van der Waals surface area contributed by atoms with E-state index in [9.17, 15) is 14.4 Å². The highest BCUT2D eigenvalue weighted by molar-refractivity contribution is 5.98. The van der Waals surface area contributed by atoms with Crippen molar-refractivity contribution < 1.29 is 23.5 Å². The van der Waals surface area contributed by atoms with E-state index in [1.165, 1.54) is 20.0 Å². The standard InChI is InChI=1S/C25H22N4O5/c1-16(24(31)27-25(32)26-2)33-22(30)13-12-18-15-29(19-9-4-3-5-10-19)28-23(18)21-14-17-8-6-7-11-20(17)34-21/h3-16H,1-2H3,(H2,26,27,31,32)/b13-12+. The SMILES string of the molecule is CNC(=O)NC(=O)C(C)OC(=O)/C=C/c1cn(-c2ccccc2)nc1-c1cc2ccccc2o1. The maximum Gasteiger partial charge on any atom is 0.331 e. The Balaban J connectivity index is 1.60. The van der Waals surface area contributed by atoms with Crippen LogP contribution in [0.5, 0.6) is 0 Å². The number of benzene rings is 2. The summed E-state index contributed by atoms with van der Waals surface area (Å²) in [6.45, 7) is 1.37. The van der Waals surface area contributed by atoms with Crippen molar-refractivity contribution in [2.24, 2.45) is 0 Å². The van der Waals surface area contributed by atoms with E-state index in [2.05, 4.69) is 15.7 Å². The number of ether oxygens (including phenoxy) is 1. The third-order valence-electron chi connectivity index (χ3n) is 4.95. The predicted octanol–water partition coefficient (Wildman–Crippen LogP) is 3.69. The van der Waals surface area contributed by atoms with Crippen LogP contribution in [0.4, 0.5) is 4.79 Å². The molecule has 4 rings (SSSR count). The van der Waals surface area contributed by atoms with Crippen molar-refractivity contribution in [3.8, 4) is 17.1 Å². The summed E-state index contributed by atoms with van der Waals surface area (Å²) in [7, 11) is 1.37. The van der Waals surface area contributed by atoms with Gasteiger partial charge in [0.1, 0.15) is 11.3 Å². The first-order valence-corrected chi connectivity index (χ1v) is 10.5. The number of aromatic nitrogens is 2. The summed E-state index contributed by atoms with van der Waals surface area (Å²) < 4.78 is 12.8. The molecule has 0 aliphatic heterocycles. The lowest BCUT2D eigenvalue weighted by atomic mass is 10.2. The molecule has 1 unspecified atom stereocenters. The molecular weight excluding hydrogens is 436 g/mol. The number of hydrogen-bond donors (Lipinski definition) is 2. The minimum absolute atomic E-state index is 0.537. The molecule has 9 nitrogen and oxygen atoms in total. The summed E-state index contributed by atoms with van der Waals surface area (Å²) in [4.78, 5) is 35.5. The monoisotopic (exact) mass is 458 g/mol. The van der Waals surface area contributed by atoms with Crippen molar-refractivity contribution in [3.63, 3.8) is 0 Å². The molecule has 2 heterocycles. The Bertz CT molecular complexity index is 1340. The lowest BCUT2D eigenvalue weighted by molar-refractivity contribution is -0.149. The van der Waals surface area contributed by atoms with Crippen molar-refractivity contribution in [1.82, 2.24) is 20.4 Å². The molecule has 1 atom stereocenters. The number of imide groups is 1. The summed E-state index contributed by atoms with van der Waals surface area (Å²) in [6.07, 6.45) is 3.35. The molecule has 0 aliphatic rings. The third-order valence-corrected chi connectivity index (χ3v) is 4.95. The van der Waals surface area contributed by atoms with Gasteiger partial charge in [0.2, 0.25) is 0 Å². The van der Waals surface area contributed by atoms with Crippen LogP contribution in [0.25, 0.3) is 34.2 Å². The van der Waals surface area contributed by atoms with E-state index in [4.69, 9.17) is 9.15 Å². The van der Waals surface area contributed by atoms with Crippen LogP contribution in [0.3, 0.4) is 0 Å². The van der Waals surface area contributed by atoms with Crippen molar-refractivity contribution in [2.75, 3.05) is 7.05 Å². The minimum Gasteiger partial charge on any atom is -0.454 e. The van der Waals surface area contributed by atoms with Gasteiger partial charge >= 0.3 is 12.0 Å². The van der Waals surface area contributed by atoms with E-state index < -0.39 is 24.0 Å². The van der Waals surface area contributed by atoms with Gasteiger partial charge in [0.25, 0.3) is 5.91 Å². The first-order chi connectivity index (χ1) is 16.4. The van der Waals surface area contributed by atoms with Gasteiger partial charge in [-0.2, -0.15) is 5.10 Å². The summed E-state index contributed by atoms with van der Waals surface area (Å²) in [5.41, 5.74) is 2.70. The second-order valence-corrected chi connectivity index (χ2v) is 7.34. The number of carbonyl (C=O) groups excluding carboxylic acids is 3. The largest absolute Gasteiger partial charge is 0.454 e. The number of fused-ring (bicyclic) bond motifs is 1. The normalized spacial score (nSPS) is 11.9. The quantitative estimate of drug-likeness (QED) is 0.336. The van der Waals surface area contributed by atoms with Gasteiger partial charge in [0.15, 0.2) is 11.9 Å². The Morgan fingerprint density at radius 3 is 2.56 bits per heavy atom. The summed E-state index contributed by atoms with van der Waals surface area (Å²) >= 11 is 0. The lowest BCUT2D eigenvalue weighted by Gasteiger charge is -2.11. The second kappa shape index (κ2) is 9.86. The van der Waals surface area contributed by atoms with Crippen LogP contribution in [0.1, 0.15) is 12.5 Å². The van der Waals surface area contributed by atoms with Gasteiger partial charge in [-0.3, -0.25) is 10.1 Å². The zero-order chi connectivity index (χ0) is 24.1. The van der Waals surface area contributed by atoms with E-state index in [0.29, 0.717) is 17.0 Å². The van der Waals surface area contributed by atoms with Crippen LogP contribution in [-0.4, -0.2) is 40.8 Å². The smallest absolute Gasteiger partial charge is 0.331 e. The lowest BCUT2D eigenvalue weighted by Crippen LogP contribution is -2.43. The number of urea groups is 1. The molecule has 9 heteroatoms. The number of hydrogen-bond acceptors (Lipinski definition) is 6. The molecule has 2 aromatic heterocycles. The fourth-order valence-electron chi connectivity index (χ4n) is 3.21. The number of nitrogens with zero attached hydrogens (tertiary/aromatic N) is 2. The Morgan fingerprint density at radius 2 is 1.82 bits per heavy atom. The molecule has 0 fully saturated rings. The molecule has 172 valence electrons. The molecule has 0 radical (unpaired) electrons. The Labute approximate surface area is 195 Å². The van der Waals surface area contributed by atoms with Gasteiger partial charge in [-0.15, -0.1) is 0 Å². The molecule has 0 saturated heterocycles. The van der Waals surface area contributed by atoms with Gasteiger partial charge in [-0.25, -0.2) is 14.3 Å². The van der Waals surface area contributed by atoms with Crippen molar-refractivity contribution in [1.29, 1.82) is 0 Å². The Hall–Kier alpha value is -4.66. The molecule has 34 heavy (non-hydrogen) atoms. The van der Waals surface area contributed by atoms with Crippen LogP contribution in [0.15, 0.2) is 77.4 Å². The van der Waals surface area contributed by atoms with Crippen LogP contribution in [0, 0.1) is 0 Å². The molecule has 0 aliphatic carbocycles. The van der Waals surface area contributed by atoms with Crippen LogP contribution in [0.2, 0.25) is 0 Å². The summed E-state index contributed by atoms with van der Waals surface area (Å²) in [5.74, 6) is -0.939. The zero-order valence-corrected chi connectivity index (χ0v) is 18.5. The van der Waals surface area contributed by atoms with E-state index in [1.54, 1.807) is 17.0 Å². The fourth-order valence-corrected chi connectivity index (χ4v) is 3.21. The summed E-state index contributed by atoms with van der Waals surface area (Å²) in [5, 5.41) is 9.91. The number of esters is 1. The van der Waals surface area contributed by atoms with E-state index in [0.717, 1.165) is 16.7 Å². The molecule has 2 aromatic carbocycles.